The molecule has 0 N–H and O–H groups in total. The van der Waals surface area contributed by atoms with Gasteiger partial charge in [-0.25, -0.2) is 0 Å². The molecule has 0 spiro atoms. The molecule has 0 aromatic carbocycles. The molecular formula is C6H14N2S. The van der Waals surface area contributed by atoms with E-state index in [-0.39, 0.29) is 0 Å². The van der Waals surface area contributed by atoms with E-state index in [1.807, 2.05) is 0 Å². The van der Waals surface area contributed by atoms with Crippen LogP contribution in [0.4, 0.5) is 0 Å². The normalized spacial score (nSPS) is 33.0. The Kier molecular flexibility index (Phi) is 2.38. The largest absolute Gasteiger partial charge is 0.301 e. The lowest BCUT2D eigenvalue weighted by Crippen LogP contribution is -2.46. The Hall–Kier alpha value is 0.270. The van der Waals surface area contributed by atoms with Gasteiger partial charge in [0.1, 0.15) is 0 Å². The average Bonchev–Trinajstić information content (AvgIpc) is 1.80. The van der Waals surface area contributed by atoms with Crippen LogP contribution in [0.1, 0.15) is 6.92 Å². The average molecular weight is 146 g/mol. The molecule has 54 valence electrons. The Morgan fingerprint density at radius 2 is 2.11 bits per heavy atom. The van der Waals surface area contributed by atoms with Crippen LogP contribution >= 0.6 is 12.8 Å². The van der Waals surface area contributed by atoms with Crippen molar-refractivity contribution in [2.24, 2.45) is 0 Å². The van der Waals surface area contributed by atoms with Crippen LogP contribution in [0.2, 0.25) is 0 Å². The summed E-state index contributed by atoms with van der Waals surface area (Å²) in [6.07, 6.45) is 0. The Bertz CT molecular complexity index is 97.1. The summed E-state index contributed by atoms with van der Waals surface area (Å²) in [5, 5.41) is 0. The summed E-state index contributed by atoms with van der Waals surface area (Å²) in [6.45, 7) is 5.54. The third-order valence-corrected chi connectivity index (χ3v) is 2.30. The first-order chi connectivity index (χ1) is 4.20. The van der Waals surface area contributed by atoms with Crippen molar-refractivity contribution >= 4 is 12.8 Å². The van der Waals surface area contributed by atoms with Crippen LogP contribution < -0.4 is 0 Å². The van der Waals surface area contributed by atoms with E-state index in [4.69, 9.17) is 0 Å². The van der Waals surface area contributed by atoms with Crippen LogP contribution in [0.3, 0.4) is 0 Å². The molecule has 1 aliphatic heterocycles. The molecular weight excluding hydrogens is 132 g/mol. The summed E-state index contributed by atoms with van der Waals surface area (Å²) in [6, 6.07) is 0.663. The SMILES string of the molecule is C[C@H]1CN(S)CCN1C. The van der Waals surface area contributed by atoms with E-state index in [9.17, 15) is 0 Å². The van der Waals surface area contributed by atoms with Crippen molar-refractivity contribution in [3.05, 3.63) is 0 Å². The van der Waals surface area contributed by atoms with Gasteiger partial charge in [-0.05, 0) is 14.0 Å². The molecule has 0 bridgehead atoms. The first-order valence-corrected chi connectivity index (χ1v) is 3.74. The van der Waals surface area contributed by atoms with E-state index in [2.05, 4.69) is 36.0 Å². The van der Waals surface area contributed by atoms with Crippen LogP contribution in [0.25, 0.3) is 0 Å². The monoisotopic (exact) mass is 146 g/mol. The molecule has 9 heavy (non-hydrogen) atoms. The maximum Gasteiger partial charge on any atom is 0.0241 e. The summed E-state index contributed by atoms with van der Waals surface area (Å²) < 4.78 is 2.07. The predicted octanol–water partition coefficient (Wildman–Crippen LogP) is 0.467. The summed E-state index contributed by atoms with van der Waals surface area (Å²) in [7, 11) is 2.16. The van der Waals surface area contributed by atoms with E-state index in [1.54, 1.807) is 0 Å². The maximum absolute atomic E-state index is 4.27. The van der Waals surface area contributed by atoms with Crippen molar-refractivity contribution < 1.29 is 0 Å². The van der Waals surface area contributed by atoms with Crippen LogP contribution in [0, 0.1) is 0 Å². The lowest BCUT2D eigenvalue weighted by atomic mass is 10.2. The van der Waals surface area contributed by atoms with E-state index in [0.717, 1.165) is 19.6 Å². The molecule has 0 radical (unpaired) electrons. The summed E-state index contributed by atoms with van der Waals surface area (Å²) in [5.74, 6) is 0. The van der Waals surface area contributed by atoms with Crippen LogP contribution in [0.15, 0.2) is 0 Å². The zero-order valence-corrected chi connectivity index (χ0v) is 6.93. The second kappa shape index (κ2) is 2.90. The zero-order chi connectivity index (χ0) is 6.85. The van der Waals surface area contributed by atoms with Gasteiger partial charge in [-0.3, -0.25) is 4.31 Å². The molecule has 1 saturated heterocycles. The molecule has 1 rings (SSSR count). The Morgan fingerprint density at radius 1 is 1.44 bits per heavy atom. The van der Waals surface area contributed by atoms with E-state index < -0.39 is 0 Å². The Labute approximate surface area is 62.4 Å². The highest BCUT2D eigenvalue weighted by Gasteiger charge is 2.17. The van der Waals surface area contributed by atoms with Crippen molar-refractivity contribution in [2.75, 3.05) is 26.7 Å². The van der Waals surface area contributed by atoms with E-state index in [0.29, 0.717) is 6.04 Å². The van der Waals surface area contributed by atoms with Gasteiger partial charge in [0.15, 0.2) is 0 Å². The fraction of sp³-hybridized carbons (Fsp3) is 1.00. The Morgan fingerprint density at radius 3 is 2.56 bits per heavy atom. The molecule has 1 heterocycles. The van der Waals surface area contributed by atoms with Crippen molar-refractivity contribution in [2.45, 2.75) is 13.0 Å². The molecule has 0 amide bonds. The smallest absolute Gasteiger partial charge is 0.0241 e. The van der Waals surface area contributed by atoms with Gasteiger partial charge in [-0.1, -0.05) is 12.8 Å². The molecule has 1 aliphatic rings. The fourth-order valence-electron chi connectivity index (χ4n) is 1.03. The third-order valence-electron chi connectivity index (χ3n) is 1.94. The second-order valence-electron chi connectivity index (χ2n) is 2.74. The molecule has 0 aliphatic carbocycles. The first-order valence-electron chi connectivity index (χ1n) is 3.34. The highest BCUT2D eigenvalue weighted by Crippen LogP contribution is 2.07. The number of likely N-dealkylation sites (N-methyl/N-ethyl adjacent to an activating group) is 1. The Balaban J connectivity index is 2.35. The van der Waals surface area contributed by atoms with Crippen LogP contribution in [0.5, 0.6) is 0 Å². The van der Waals surface area contributed by atoms with Gasteiger partial charge in [0.2, 0.25) is 0 Å². The lowest BCUT2D eigenvalue weighted by Gasteiger charge is -2.34. The fourth-order valence-corrected chi connectivity index (χ4v) is 1.35. The van der Waals surface area contributed by atoms with Gasteiger partial charge in [-0.2, -0.15) is 0 Å². The number of rotatable bonds is 0. The summed E-state index contributed by atoms with van der Waals surface area (Å²) >= 11 is 4.27. The minimum Gasteiger partial charge on any atom is -0.301 e. The van der Waals surface area contributed by atoms with Crippen LogP contribution in [-0.2, 0) is 0 Å². The molecule has 0 aromatic rings. The maximum atomic E-state index is 4.27. The van der Waals surface area contributed by atoms with Gasteiger partial charge in [0, 0.05) is 25.7 Å². The quantitative estimate of drug-likeness (QED) is 0.496. The number of hydrogen-bond acceptors (Lipinski definition) is 3. The molecule has 3 heteroatoms. The number of piperazine rings is 1. The zero-order valence-electron chi connectivity index (χ0n) is 6.04. The van der Waals surface area contributed by atoms with Crippen molar-refractivity contribution in [1.29, 1.82) is 0 Å². The molecule has 0 aromatic heterocycles. The van der Waals surface area contributed by atoms with Gasteiger partial charge < -0.3 is 4.90 Å². The predicted molar refractivity (Wildman–Crippen MR) is 42.7 cm³/mol. The van der Waals surface area contributed by atoms with E-state index in [1.165, 1.54) is 0 Å². The topological polar surface area (TPSA) is 6.48 Å². The number of hydrogen-bond donors (Lipinski definition) is 1. The minimum atomic E-state index is 0.663. The minimum absolute atomic E-state index is 0.663. The van der Waals surface area contributed by atoms with Crippen molar-refractivity contribution in [3.63, 3.8) is 0 Å². The van der Waals surface area contributed by atoms with Crippen molar-refractivity contribution in [1.82, 2.24) is 9.21 Å². The summed E-state index contributed by atoms with van der Waals surface area (Å²) in [4.78, 5) is 2.35. The van der Waals surface area contributed by atoms with Crippen molar-refractivity contribution in [3.8, 4) is 0 Å². The van der Waals surface area contributed by atoms with Gasteiger partial charge in [0.05, 0.1) is 0 Å². The highest BCUT2D eigenvalue weighted by atomic mass is 32.1. The molecule has 0 unspecified atom stereocenters. The van der Waals surface area contributed by atoms with Gasteiger partial charge in [-0.15, -0.1) is 0 Å². The molecule has 2 nitrogen and oxygen atoms in total. The first kappa shape index (κ1) is 7.38. The van der Waals surface area contributed by atoms with E-state index >= 15 is 0 Å². The standard InChI is InChI=1S/C6H14N2S/c1-6-5-8(9)4-3-7(6)2/h6,9H,3-5H2,1-2H3/t6-/m0/s1. The third kappa shape index (κ3) is 1.85. The summed E-state index contributed by atoms with van der Waals surface area (Å²) in [5.41, 5.74) is 0. The number of thiol groups is 1. The molecule has 1 fully saturated rings. The molecule has 0 saturated carbocycles. The second-order valence-corrected chi connectivity index (χ2v) is 3.31. The molecule has 1 atom stereocenters. The lowest BCUT2D eigenvalue weighted by molar-refractivity contribution is 0.168. The highest BCUT2D eigenvalue weighted by molar-refractivity contribution is 7.77. The van der Waals surface area contributed by atoms with Crippen LogP contribution in [-0.4, -0.2) is 41.9 Å². The van der Waals surface area contributed by atoms with Gasteiger partial charge >= 0.3 is 0 Å². The van der Waals surface area contributed by atoms with Gasteiger partial charge in [0.25, 0.3) is 0 Å². The number of nitrogens with zero attached hydrogens (tertiary/aromatic N) is 2.